The Morgan fingerprint density at radius 1 is 1.44 bits per heavy atom. The molecule has 0 radical (unpaired) electrons. The van der Waals surface area contributed by atoms with Crippen LogP contribution in [0.15, 0.2) is 12.3 Å². The molecular weight excluding hydrogens is 204 g/mol. The molecule has 4 heteroatoms. The van der Waals surface area contributed by atoms with Crippen LogP contribution >= 0.6 is 0 Å². The lowest BCUT2D eigenvalue weighted by atomic mass is 10.1. The zero-order chi connectivity index (χ0) is 11.8. The number of ether oxygens (including phenoxy) is 1. The monoisotopic (exact) mass is 224 g/mol. The number of hydrogen-bond donors (Lipinski definition) is 0. The molecule has 0 aromatic carbocycles. The standard InChI is InChI=1S/C12H20N2O2/c1-3-9-16-10-7-12(15)5-4-11-6-8-13-14(11)2/h6,8H,3-5,7,9-10H2,1-2H3. The second-order valence-electron chi connectivity index (χ2n) is 3.85. The molecule has 0 amide bonds. The zero-order valence-electron chi connectivity index (χ0n) is 10.1. The molecule has 0 aliphatic rings. The number of aromatic nitrogens is 2. The molecule has 0 fully saturated rings. The van der Waals surface area contributed by atoms with Gasteiger partial charge in [0, 0.05) is 38.4 Å². The van der Waals surface area contributed by atoms with E-state index >= 15 is 0 Å². The Morgan fingerprint density at radius 3 is 2.88 bits per heavy atom. The number of aryl methyl sites for hydroxylation is 2. The minimum absolute atomic E-state index is 0.261. The largest absolute Gasteiger partial charge is 0.381 e. The number of Topliss-reactive ketones (excluding diaryl/α,β-unsaturated/α-hetero) is 1. The number of hydrogen-bond acceptors (Lipinski definition) is 3. The van der Waals surface area contributed by atoms with E-state index in [0.717, 1.165) is 25.1 Å². The number of carbonyl (C=O) groups excluding carboxylic acids is 1. The van der Waals surface area contributed by atoms with Crippen LogP contribution in [0, 0.1) is 0 Å². The summed E-state index contributed by atoms with van der Waals surface area (Å²) in [6.07, 6.45) is 4.63. The predicted molar refractivity (Wildman–Crippen MR) is 62.3 cm³/mol. The SMILES string of the molecule is CCCOCCC(=O)CCc1ccnn1C. The van der Waals surface area contributed by atoms with Gasteiger partial charge >= 0.3 is 0 Å². The molecule has 1 rings (SSSR count). The normalized spacial score (nSPS) is 10.6. The van der Waals surface area contributed by atoms with E-state index < -0.39 is 0 Å². The molecule has 0 aliphatic carbocycles. The topological polar surface area (TPSA) is 44.1 Å². The Kier molecular flexibility index (Phi) is 5.78. The molecular formula is C12H20N2O2. The van der Waals surface area contributed by atoms with Crippen molar-refractivity contribution in [1.82, 2.24) is 9.78 Å². The third-order valence-corrected chi connectivity index (χ3v) is 2.46. The Morgan fingerprint density at radius 2 is 2.25 bits per heavy atom. The lowest BCUT2D eigenvalue weighted by molar-refractivity contribution is -0.120. The van der Waals surface area contributed by atoms with Crippen molar-refractivity contribution in [3.8, 4) is 0 Å². The summed E-state index contributed by atoms with van der Waals surface area (Å²) in [6, 6.07) is 1.95. The molecule has 16 heavy (non-hydrogen) atoms. The number of rotatable bonds is 8. The van der Waals surface area contributed by atoms with Crippen molar-refractivity contribution in [3.63, 3.8) is 0 Å². The van der Waals surface area contributed by atoms with Crippen molar-refractivity contribution >= 4 is 5.78 Å². The molecule has 4 nitrogen and oxygen atoms in total. The summed E-state index contributed by atoms with van der Waals surface area (Å²) in [4.78, 5) is 11.5. The lowest BCUT2D eigenvalue weighted by Crippen LogP contribution is -2.07. The summed E-state index contributed by atoms with van der Waals surface area (Å²) < 4.78 is 7.08. The first-order valence-corrected chi connectivity index (χ1v) is 5.80. The van der Waals surface area contributed by atoms with E-state index in [4.69, 9.17) is 4.74 Å². The van der Waals surface area contributed by atoms with Crippen molar-refractivity contribution in [1.29, 1.82) is 0 Å². The van der Waals surface area contributed by atoms with Crippen LogP contribution < -0.4 is 0 Å². The maximum atomic E-state index is 11.5. The molecule has 0 unspecified atom stereocenters. The maximum absolute atomic E-state index is 11.5. The summed E-state index contributed by atoms with van der Waals surface area (Å²) in [6.45, 7) is 3.36. The van der Waals surface area contributed by atoms with E-state index in [1.165, 1.54) is 0 Å². The third-order valence-electron chi connectivity index (χ3n) is 2.46. The van der Waals surface area contributed by atoms with Crippen molar-refractivity contribution in [2.75, 3.05) is 13.2 Å². The first-order chi connectivity index (χ1) is 7.74. The Labute approximate surface area is 96.6 Å². The average Bonchev–Trinajstić information content (AvgIpc) is 2.67. The van der Waals surface area contributed by atoms with Crippen molar-refractivity contribution in [3.05, 3.63) is 18.0 Å². The second kappa shape index (κ2) is 7.17. The molecule has 0 aliphatic heterocycles. The molecule has 0 saturated carbocycles. The van der Waals surface area contributed by atoms with Gasteiger partial charge in [-0.25, -0.2) is 0 Å². The van der Waals surface area contributed by atoms with E-state index in [9.17, 15) is 4.79 Å². The molecule has 0 spiro atoms. The highest BCUT2D eigenvalue weighted by molar-refractivity contribution is 5.78. The van der Waals surface area contributed by atoms with Crippen LogP contribution in [0.1, 0.15) is 31.9 Å². The fourth-order valence-electron chi connectivity index (χ4n) is 1.47. The molecule has 0 N–H and O–H groups in total. The summed E-state index contributed by atoms with van der Waals surface area (Å²) in [5.41, 5.74) is 1.10. The van der Waals surface area contributed by atoms with Crippen LogP contribution in [-0.4, -0.2) is 28.8 Å². The number of nitrogens with zero attached hydrogens (tertiary/aromatic N) is 2. The highest BCUT2D eigenvalue weighted by atomic mass is 16.5. The molecule has 1 heterocycles. The highest BCUT2D eigenvalue weighted by Crippen LogP contribution is 2.03. The van der Waals surface area contributed by atoms with Crippen LogP contribution in [0.25, 0.3) is 0 Å². The fraction of sp³-hybridized carbons (Fsp3) is 0.667. The van der Waals surface area contributed by atoms with Gasteiger partial charge in [-0.05, 0) is 18.9 Å². The van der Waals surface area contributed by atoms with E-state index in [1.54, 1.807) is 10.9 Å². The molecule has 0 atom stereocenters. The Hall–Kier alpha value is -1.16. The first kappa shape index (κ1) is 12.9. The predicted octanol–water partition coefficient (Wildman–Crippen LogP) is 1.74. The summed E-state index contributed by atoms with van der Waals surface area (Å²) in [5, 5.41) is 4.06. The van der Waals surface area contributed by atoms with Crippen LogP contribution in [-0.2, 0) is 23.0 Å². The van der Waals surface area contributed by atoms with E-state index in [0.29, 0.717) is 19.4 Å². The van der Waals surface area contributed by atoms with E-state index in [1.807, 2.05) is 13.1 Å². The highest BCUT2D eigenvalue weighted by Gasteiger charge is 2.04. The summed E-state index contributed by atoms with van der Waals surface area (Å²) in [7, 11) is 1.89. The van der Waals surface area contributed by atoms with Gasteiger partial charge in [0.2, 0.25) is 0 Å². The molecule has 1 aromatic heterocycles. The van der Waals surface area contributed by atoms with Gasteiger partial charge in [0.25, 0.3) is 0 Å². The van der Waals surface area contributed by atoms with Gasteiger partial charge in [0.1, 0.15) is 5.78 Å². The van der Waals surface area contributed by atoms with Crippen molar-refractivity contribution < 1.29 is 9.53 Å². The molecule has 0 saturated heterocycles. The Balaban J connectivity index is 2.13. The number of ketones is 1. The van der Waals surface area contributed by atoms with Gasteiger partial charge in [-0.3, -0.25) is 9.48 Å². The van der Waals surface area contributed by atoms with Crippen molar-refractivity contribution in [2.45, 2.75) is 32.6 Å². The van der Waals surface area contributed by atoms with Crippen molar-refractivity contribution in [2.24, 2.45) is 7.05 Å². The van der Waals surface area contributed by atoms with E-state index in [-0.39, 0.29) is 5.78 Å². The van der Waals surface area contributed by atoms with E-state index in [2.05, 4.69) is 12.0 Å². The van der Waals surface area contributed by atoms with Gasteiger partial charge in [-0.2, -0.15) is 5.10 Å². The maximum Gasteiger partial charge on any atom is 0.135 e. The van der Waals surface area contributed by atoms with Gasteiger partial charge in [0.05, 0.1) is 6.61 Å². The number of carbonyl (C=O) groups is 1. The lowest BCUT2D eigenvalue weighted by Gasteiger charge is -2.03. The first-order valence-electron chi connectivity index (χ1n) is 5.80. The minimum atomic E-state index is 0.261. The quantitative estimate of drug-likeness (QED) is 0.632. The van der Waals surface area contributed by atoms with Crippen LogP contribution in [0.4, 0.5) is 0 Å². The van der Waals surface area contributed by atoms with Gasteiger partial charge in [-0.1, -0.05) is 6.92 Å². The minimum Gasteiger partial charge on any atom is -0.381 e. The second-order valence-corrected chi connectivity index (χ2v) is 3.85. The Bertz CT molecular complexity index is 321. The van der Waals surface area contributed by atoms with Gasteiger partial charge < -0.3 is 4.74 Å². The third kappa shape index (κ3) is 4.57. The summed E-state index contributed by atoms with van der Waals surface area (Å²) >= 11 is 0. The molecule has 90 valence electrons. The molecule has 1 aromatic rings. The van der Waals surface area contributed by atoms with Crippen LogP contribution in [0.2, 0.25) is 0 Å². The summed E-state index contributed by atoms with van der Waals surface area (Å²) in [5.74, 6) is 0.261. The fourth-order valence-corrected chi connectivity index (χ4v) is 1.47. The smallest absolute Gasteiger partial charge is 0.135 e. The van der Waals surface area contributed by atoms with Crippen LogP contribution in [0.5, 0.6) is 0 Å². The average molecular weight is 224 g/mol. The zero-order valence-corrected chi connectivity index (χ0v) is 10.1. The van der Waals surface area contributed by atoms with Crippen LogP contribution in [0.3, 0.4) is 0 Å². The van der Waals surface area contributed by atoms with Gasteiger partial charge in [-0.15, -0.1) is 0 Å². The van der Waals surface area contributed by atoms with Gasteiger partial charge in [0.15, 0.2) is 0 Å². The molecule has 0 bridgehead atoms.